The molecule has 0 aliphatic carbocycles. The Kier molecular flexibility index (Phi) is 4.39. The predicted molar refractivity (Wildman–Crippen MR) is 84.8 cm³/mol. The summed E-state index contributed by atoms with van der Waals surface area (Å²) < 4.78 is 2.99. The van der Waals surface area contributed by atoms with E-state index < -0.39 is 5.41 Å². The Morgan fingerprint density at radius 1 is 1.50 bits per heavy atom. The number of hydrogen-bond donors (Lipinski definition) is 1. The summed E-state index contributed by atoms with van der Waals surface area (Å²) in [5, 5.41) is 2.70. The molecule has 0 aliphatic rings. The van der Waals surface area contributed by atoms with Gasteiger partial charge in [0, 0.05) is 18.1 Å². The third-order valence-corrected chi connectivity index (χ3v) is 4.04. The SMILES string of the molecule is CNC(=O)C(C)(C)Cn1c(CCl)nc2cc(Br)ccc21. The van der Waals surface area contributed by atoms with Crippen LogP contribution in [0.15, 0.2) is 22.7 Å². The maximum absolute atomic E-state index is 12.0. The van der Waals surface area contributed by atoms with Crippen molar-refractivity contribution in [3.8, 4) is 0 Å². The first-order valence-electron chi connectivity index (χ1n) is 6.32. The molecule has 4 nitrogen and oxygen atoms in total. The molecule has 0 radical (unpaired) electrons. The molecular formula is C14H17BrClN3O. The summed E-state index contributed by atoms with van der Waals surface area (Å²) in [4.78, 5) is 16.5. The van der Waals surface area contributed by atoms with Crippen molar-refractivity contribution in [2.45, 2.75) is 26.3 Å². The number of imidazole rings is 1. The van der Waals surface area contributed by atoms with Gasteiger partial charge in [-0.2, -0.15) is 0 Å². The first-order valence-corrected chi connectivity index (χ1v) is 7.64. The molecule has 20 heavy (non-hydrogen) atoms. The first-order chi connectivity index (χ1) is 9.39. The fraction of sp³-hybridized carbons (Fsp3) is 0.429. The molecule has 0 fully saturated rings. The second-order valence-electron chi connectivity index (χ2n) is 5.34. The number of halogens is 2. The molecule has 108 valence electrons. The fourth-order valence-corrected chi connectivity index (χ4v) is 2.79. The molecule has 0 aliphatic heterocycles. The van der Waals surface area contributed by atoms with Crippen LogP contribution in [-0.2, 0) is 17.2 Å². The van der Waals surface area contributed by atoms with E-state index in [1.165, 1.54) is 0 Å². The summed E-state index contributed by atoms with van der Waals surface area (Å²) in [6.45, 7) is 4.36. The highest BCUT2D eigenvalue weighted by Gasteiger charge is 2.28. The van der Waals surface area contributed by atoms with Crippen LogP contribution in [0.4, 0.5) is 0 Å². The Morgan fingerprint density at radius 2 is 2.20 bits per heavy atom. The van der Waals surface area contributed by atoms with Crippen molar-refractivity contribution in [1.82, 2.24) is 14.9 Å². The summed E-state index contributed by atoms with van der Waals surface area (Å²) >= 11 is 9.43. The van der Waals surface area contributed by atoms with Gasteiger partial charge in [-0.1, -0.05) is 15.9 Å². The van der Waals surface area contributed by atoms with Gasteiger partial charge in [-0.3, -0.25) is 4.79 Å². The van der Waals surface area contributed by atoms with Gasteiger partial charge in [-0.05, 0) is 32.0 Å². The van der Waals surface area contributed by atoms with Gasteiger partial charge in [0.05, 0.1) is 22.3 Å². The van der Waals surface area contributed by atoms with E-state index in [0.29, 0.717) is 12.4 Å². The number of fused-ring (bicyclic) bond motifs is 1. The number of amides is 1. The second kappa shape index (κ2) is 5.74. The van der Waals surface area contributed by atoms with Gasteiger partial charge in [-0.15, -0.1) is 11.6 Å². The summed E-state index contributed by atoms with van der Waals surface area (Å²) in [6.07, 6.45) is 0. The van der Waals surface area contributed by atoms with E-state index >= 15 is 0 Å². The van der Waals surface area contributed by atoms with Gasteiger partial charge in [-0.25, -0.2) is 4.98 Å². The number of carbonyl (C=O) groups excluding carboxylic acids is 1. The van der Waals surface area contributed by atoms with Crippen LogP contribution < -0.4 is 5.32 Å². The van der Waals surface area contributed by atoms with Crippen molar-refractivity contribution >= 4 is 44.5 Å². The van der Waals surface area contributed by atoms with Gasteiger partial charge in [0.25, 0.3) is 0 Å². The zero-order valence-electron chi connectivity index (χ0n) is 11.7. The zero-order valence-corrected chi connectivity index (χ0v) is 14.0. The molecule has 0 saturated heterocycles. The number of aromatic nitrogens is 2. The molecule has 0 unspecified atom stereocenters. The molecular weight excluding hydrogens is 342 g/mol. The maximum Gasteiger partial charge on any atom is 0.227 e. The molecule has 0 spiro atoms. The Hall–Kier alpha value is -1.07. The van der Waals surface area contributed by atoms with E-state index in [9.17, 15) is 4.79 Å². The van der Waals surface area contributed by atoms with Crippen LogP contribution in [0, 0.1) is 5.41 Å². The molecule has 1 amide bonds. The summed E-state index contributed by atoms with van der Waals surface area (Å²) in [5.41, 5.74) is 1.33. The van der Waals surface area contributed by atoms with Crippen molar-refractivity contribution in [3.05, 3.63) is 28.5 Å². The van der Waals surface area contributed by atoms with E-state index in [1.807, 2.05) is 36.6 Å². The molecule has 0 bridgehead atoms. The van der Waals surface area contributed by atoms with Crippen LogP contribution >= 0.6 is 27.5 Å². The van der Waals surface area contributed by atoms with Crippen LogP contribution in [0.25, 0.3) is 11.0 Å². The molecule has 0 atom stereocenters. The lowest BCUT2D eigenvalue weighted by molar-refractivity contribution is -0.129. The third kappa shape index (κ3) is 2.83. The van der Waals surface area contributed by atoms with Gasteiger partial charge >= 0.3 is 0 Å². The molecule has 0 saturated carbocycles. The zero-order chi connectivity index (χ0) is 14.9. The van der Waals surface area contributed by atoms with E-state index in [4.69, 9.17) is 11.6 Å². The molecule has 1 heterocycles. The van der Waals surface area contributed by atoms with Crippen LogP contribution in [0.5, 0.6) is 0 Å². The van der Waals surface area contributed by atoms with E-state index in [0.717, 1.165) is 21.3 Å². The number of nitrogens with one attached hydrogen (secondary N) is 1. The summed E-state index contributed by atoms with van der Waals surface area (Å²) in [5.74, 6) is 1.09. The number of carbonyl (C=O) groups is 1. The number of benzene rings is 1. The smallest absolute Gasteiger partial charge is 0.227 e. The second-order valence-corrected chi connectivity index (χ2v) is 6.53. The molecule has 1 N–H and O–H groups in total. The number of rotatable bonds is 4. The third-order valence-electron chi connectivity index (χ3n) is 3.30. The highest BCUT2D eigenvalue weighted by Crippen LogP contribution is 2.26. The van der Waals surface area contributed by atoms with Crippen molar-refractivity contribution in [1.29, 1.82) is 0 Å². The Bertz CT molecular complexity index is 651. The van der Waals surface area contributed by atoms with Crippen molar-refractivity contribution in [2.75, 3.05) is 7.05 Å². The standard InChI is InChI=1S/C14H17BrClN3O/c1-14(2,13(20)17-3)8-19-11-5-4-9(15)6-10(11)18-12(19)7-16/h4-6H,7-8H2,1-3H3,(H,17,20). The number of alkyl halides is 1. The van der Waals surface area contributed by atoms with E-state index in [-0.39, 0.29) is 5.91 Å². The predicted octanol–water partition coefficient (Wildman–Crippen LogP) is 3.31. The van der Waals surface area contributed by atoms with Gasteiger partial charge in [0.2, 0.25) is 5.91 Å². The maximum atomic E-state index is 12.0. The normalized spacial score (nSPS) is 11.8. The lowest BCUT2D eigenvalue weighted by Gasteiger charge is -2.24. The molecule has 2 rings (SSSR count). The molecule has 1 aromatic heterocycles. The van der Waals surface area contributed by atoms with E-state index in [1.54, 1.807) is 7.05 Å². The van der Waals surface area contributed by atoms with Gasteiger partial charge in [0.1, 0.15) is 5.82 Å². The first kappa shape index (κ1) is 15.3. The summed E-state index contributed by atoms with van der Waals surface area (Å²) in [6, 6.07) is 5.91. The monoisotopic (exact) mass is 357 g/mol. The van der Waals surface area contributed by atoms with Crippen molar-refractivity contribution in [3.63, 3.8) is 0 Å². The minimum atomic E-state index is -0.531. The average Bonchev–Trinajstić information content (AvgIpc) is 2.74. The Morgan fingerprint density at radius 3 is 2.80 bits per heavy atom. The topological polar surface area (TPSA) is 46.9 Å². The molecule has 6 heteroatoms. The van der Waals surface area contributed by atoms with Crippen molar-refractivity contribution in [2.24, 2.45) is 5.41 Å². The van der Waals surface area contributed by atoms with Crippen LogP contribution in [0.3, 0.4) is 0 Å². The quantitative estimate of drug-likeness (QED) is 0.852. The largest absolute Gasteiger partial charge is 0.359 e. The molecule has 1 aromatic carbocycles. The lowest BCUT2D eigenvalue weighted by atomic mass is 9.92. The highest BCUT2D eigenvalue weighted by molar-refractivity contribution is 9.10. The highest BCUT2D eigenvalue weighted by atomic mass is 79.9. The Balaban J connectivity index is 2.50. The minimum absolute atomic E-state index is 0.00279. The van der Waals surface area contributed by atoms with Crippen LogP contribution in [0.2, 0.25) is 0 Å². The lowest BCUT2D eigenvalue weighted by Crippen LogP contribution is -2.38. The van der Waals surface area contributed by atoms with E-state index in [2.05, 4.69) is 26.2 Å². The fourth-order valence-electron chi connectivity index (χ4n) is 2.24. The van der Waals surface area contributed by atoms with Crippen LogP contribution in [-0.4, -0.2) is 22.5 Å². The molecule has 2 aromatic rings. The number of nitrogens with zero attached hydrogens (tertiary/aromatic N) is 2. The van der Waals surface area contributed by atoms with Gasteiger partial charge in [0.15, 0.2) is 0 Å². The van der Waals surface area contributed by atoms with Crippen LogP contribution in [0.1, 0.15) is 19.7 Å². The minimum Gasteiger partial charge on any atom is -0.359 e. The summed E-state index contributed by atoms with van der Waals surface area (Å²) in [7, 11) is 1.65. The Labute approximate surface area is 131 Å². The average molecular weight is 359 g/mol. The van der Waals surface area contributed by atoms with Gasteiger partial charge < -0.3 is 9.88 Å². The van der Waals surface area contributed by atoms with Crippen molar-refractivity contribution < 1.29 is 4.79 Å². The number of hydrogen-bond acceptors (Lipinski definition) is 2.